The highest BCUT2D eigenvalue weighted by atomic mass is 16.6. The van der Waals surface area contributed by atoms with E-state index in [1.165, 1.54) is 12.3 Å². The number of nitrogens with one attached hydrogen (secondary N) is 1. The highest BCUT2D eigenvalue weighted by Gasteiger charge is 2.47. The number of rotatable bonds is 4. The van der Waals surface area contributed by atoms with Crippen LogP contribution in [0.5, 0.6) is 0 Å². The summed E-state index contributed by atoms with van der Waals surface area (Å²) in [5, 5.41) is 39.1. The van der Waals surface area contributed by atoms with Gasteiger partial charge in [-0.2, -0.15) is 0 Å². The van der Waals surface area contributed by atoms with E-state index >= 15 is 0 Å². The number of ether oxygens (including phenoxy) is 2. The molecule has 3 rings (SSSR count). The van der Waals surface area contributed by atoms with Crippen LogP contribution in [-0.2, 0) is 9.47 Å². The number of aliphatic hydroxyl groups is 3. The summed E-state index contributed by atoms with van der Waals surface area (Å²) in [6.07, 6.45) is -3.54. The third kappa shape index (κ3) is 3.69. The van der Waals surface area contributed by atoms with Crippen LogP contribution in [-0.4, -0.2) is 74.7 Å². The Hall–Kier alpha value is -2.50. The first kappa shape index (κ1) is 18.3. The largest absolute Gasteiger partial charge is 0.459 e. The summed E-state index contributed by atoms with van der Waals surface area (Å²) in [4.78, 5) is 16.8. The summed E-state index contributed by atoms with van der Waals surface area (Å²) in [6.45, 7) is -0.275. The molecule has 2 aliphatic rings. The maximum absolute atomic E-state index is 12.0. The Balaban J connectivity index is 1.60. The molecule has 0 saturated carbocycles. The molecule has 5 N–H and O–H groups in total. The van der Waals surface area contributed by atoms with Crippen LogP contribution in [0.2, 0.25) is 0 Å². The van der Waals surface area contributed by atoms with E-state index < -0.39 is 36.9 Å². The number of aliphatic hydroxyl groups excluding tert-OH is 3. The molecule has 0 bridgehead atoms. The van der Waals surface area contributed by atoms with Crippen molar-refractivity contribution in [3.8, 4) is 0 Å². The molecule has 1 unspecified atom stereocenters. The topological polar surface area (TPSA) is 144 Å². The number of esters is 1. The van der Waals surface area contributed by atoms with Gasteiger partial charge in [0.15, 0.2) is 12.1 Å². The van der Waals surface area contributed by atoms with Gasteiger partial charge in [-0.15, -0.1) is 0 Å². The number of benzene rings is 1. The summed E-state index contributed by atoms with van der Waals surface area (Å²) >= 11 is 0. The lowest BCUT2D eigenvalue weighted by Gasteiger charge is -2.33. The molecule has 2 aliphatic heterocycles. The molecule has 0 radical (unpaired) electrons. The summed E-state index contributed by atoms with van der Waals surface area (Å²) in [5.41, 5.74) is 2.14. The fraction of sp³-hybridized carbons (Fsp3) is 0.375. The normalized spacial score (nSPS) is 30.8. The number of hydrogen-bond donors (Lipinski definition) is 5. The van der Waals surface area contributed by atoms with Gasteiger partial charge in [-0.25, -0.2) is 9.79 Å². The van der Waals surface area contributed by atoms with Crippen molar-refractivity contribution in [3.05, 3.63) is 48.2 Å². The van der Waals surface area contributed by atoms with Crippen molar-refractivity contribution in [2.24, 2.45) is 4.99 Å². The van der Waals surface area contributed by atoms with E-state index in [2.05, 4.69) is 4.99 Å². The fourth-order valence-electron chi connectivity index (χ4n) is 2.68. The van der Waals surface area contributed by atoms with Crippen molar-refractivity contribution in [2.75, 3.05) is 6.61 Å². The van der Waals surface area contributed by atoms with Gasteiger partial charge < -0.3 is 29.7 Å². The van der Waals surface area contributed by atoms with Crippen LogP contribution in [0.15, 0.2) is 47.6 Å². The van der Waals surface area contributed by atoms with Gasteiger partial charge in [0.1, 0.15) is 24.9 Å². The minimum Gasteiger partial charge on any atom is -0.459 e. The predicted octanol–water partition coefficient (Wildman–Crippen LogP) is -1.23. The van der Waals surface area contributed by atoms with Crippen molar-refractivity contribution in [1.29, 1.82) is 0 Å². The van der Waals surface area contributed by atoms with Crippen LogP contribution in [0.4, 0.5) is 0 Å². The maximum Gasteiger partial charge on any atom is 0.338 e. The first-order chi connectivity index (χ1) is 12.5. The van der Waals surface area contributed by atoms with Gasteiger partial charge in [0.25, 0.3) is 0 Å². The standard InChI is InChI=1S/C16H19N3O7/c20-12-10(8-25-15(22)9-4-2-1-3-5-9)26-14(13(12)21)19-7-6-11(18-24)17-16(19)23/h1-7,10,12-14,16,20-21,23-24H,8H2,(H,17,18)/t10-,12-,13-,14-,16?/m1/s1. The molecule has 1 aromatic rings. The van der Waals surface area contributed by atoms with E-state index in [9.17, 15) is 20.1 Å². The number of hydroxylamine groups is 1. The van der Waals surface area contributed by atoms with Gasteiger partial charge in [0.05, 0.1) is 5.56 Å². The van der Waals surface area contributed by atoms with Gasteiger partial charge in [-0.05, 0) is 18.2 Å². The quantitative estimate of drug-likeness (QED) is 0.327. The highest BCUT2D eigenvalue weighted by Crippen LogP contribution is 2.27. The number of carbonyl (C=O) groups excluding carboxylic acids is 1. The number of amidine groups is 1. The molecule has 1 aromatic carbocycles. The van der Waals surface area contributed by atoms with Crippen LogP contribution < -0.4 is 5.48 Å². The lowest BCUT2D eigenvalue weighted by molar-refractivity contribution is -0.130. The molecule has 0 spiro atoms. The summed E-state index contributed by atoms with van der Waals surface area (Å²) in [5.74, 6) is -0.560. The number of carbonyl (C=O) groups is 1. The zero-order valence-corrected chi connectivity index (χ0v) is 13.5. The second kappa shape index (κ2) is 7.81. The van der Waals surface area contributed by atoms with Crippen LogP contribution in [0.1, 0.15) is 10.4 Å². The van der Waals surface area contributed by atoms with Gasteiger partial charge in [-0.1, -0.05) is 18.2 Å². The Labute approximate surface area is 148 Å². The monoisotopic (exact) mass is 365 g/mol. The van der Waals surface area contributed by atoms with E-state index in [0.29, 0.717) is 5.56 Å². The van der Waals surface area contributed by atoms with Crippen LogP contribution in [0.3, 0.4) is 0 Å². The minimum absolute atomic E-state index is 0.0233. The number of aliphatic imine (C=N–C) groups is 1. The Kier molecular flexibility index (Phi) is 5.49. The van der Waals surface area contributed by atoms with Gasteiger partial charge in [-0.3, -0.25) is 10.7 Å². The minimum atomic E-state index is -1.44. The van der Waals surface area contributed by atoms with E-state index in [-0.39, 0.29) is 12.4 Å². The zero-order valence-electron chi connectivity index (χ0n) is 13.5. The first-order valence-corrected chi connectivity index (χ1v) is 7.86. The van der Waals surface area contributed by atoms with Crippen molar-refractivity contribution in [1.82, 2.24) is 10.4 Å². The van der Waals surface area contributed by atoms with E-state index in [1.807, 2.05) is 0 Å². The molecule has 1 fully saturated rings. The summed E-state index contributed by atoms with van der Waals surface area (Å²) in [6, 6.07) is 8.32. The second-order valence-corrected chi connectivity index (χ2v) is 5.75. The Morgan fingerprint density at radius 3 is 2.62 bits per heavy atom. The smallest absolute Gasteiger partial charge is 0.338 e. The molecule has 0 aromatic heterocycles. The lowest BCUT2D eigenvalue weighted by Crippen LogP contribution is -2.47. The average Bonchev–Trinajstić information content (AvgIpc) is 2.95. The Morgan fingerprint density at radius 2 is 1.96 bits per heavy atom. The SMILES string of the molecule is O=C(OC[C@H]1O[C@@H](N2C=CC(NO)=NC2O)[C@H](O)[C@@H]1O)c1ccccc1. The predicted molar refractivity (Wildman–Crippen MR) is 86.7 cm³/mol. The molecule has 2 heterocycles. The number of hydrogen-bond acceptors (Lipinski definition) is 10. The number of nitrogens with zero attached hydrogens (tertiary/aromatic N) is 2. The van der Waals surface area contributed by atoms with Crippen molar-refractivity contribution in [2.45, 2.75) is 30.9 Å². The van der Waals surface area contributed by atoms with E-state index in [0.717, 1.165) is 4.90 Å². The molecule has 1 saturated heterocycles. The maximum atomic E-state index is 12.0. The Morgan fingerprint density at radius 1 is 1.23 bits per heavy atom. The summed E-state index contributed by atoms with van der Waals surface area (Å²) in [7, 11) is 0. The second-order valence-electron chi connectivity index (χ2n) is 5.75. The summed E-state index contributed by atoms with van der Waals surface area (Å²) < 4.78 is 10.7. The molecule has 10 heteroatoms. The molecule has 5 atom stereocenters. The van der Waals surface area contributed by atoms with E-state index in [1.54, 1.807) is 35.8 Å². The molecule has 26 heavy (non-hydrogen) atoms. The molecule has 0 aliphatic carbocycles. The van der Waals surface area contributed by atoms with Crippen LogP contribution >= 0.6 is 0 Å². The molecular weight excluding hydrogens is 346 g/mol. The highest BCUT2D eigenvalue weighted by molar-refractivity contribution is 5.92. The molecule has 10 nitrogen and oxygen atoms in total. The molecule has 140 valence electrons. The van der Waals surface area contributed by atoms with E-state index in [4.69, 9.17) is 14.7 Å². The van der Waals surface area contributed by atoms with Crippen molar-refractivity contribution >= 4 is 11.8 Å². The van der Waals surface area contributed by atoms with Gasteiger partial charge in [0, 0.05) is 6.20 Å². The Bertz CT molecular complexity index is 696. The zero-order chi connectivity index (χ0) is 18.7. The van der Waals surface area contributed by atoms with Crippen molar-refractivity contribution < 1.29 is 34.8 Å². The van der Waals surface area contributed by atoms with Crippen molar-refractivity contribution in [3.63, 3.8) is 0 Å². The van der Waals surface area contributed by atoms with Crippen LogP contribution in [0.25, 0.3) is 0 Å². The fourth-order valence-corrected chi connectivity index (χ4v) is 2.68. The lowest BCUT2D eigenvalue weighted by atomic mass is 10.1. The van der Waals surface area contributed by atoms with Gasteiger partial charge in [0.2, 0.25) is 6.35 Å². The molecule has 0 amide bonds. The first-order valence-electron chi connectivity index (χ1n) is 7.86. The van der Waals surface area contributed by atoms with Crippen LogP contribution in [0, 0.1) is 0 Å². The molecular formula is C16H19N3O7. The average molecular weight is 365 g/mol. The third-order valence-electron chi connectivity index (χ3n) is 4.06. The van der Waals surface area contributed by atoms with Gasteiger partial charge >= 0.3 is 5.97 Å². The third-order valence-corrected chi connectivity index (χ3v) is 4.06.